The van der Waals surface area contributed by atoms with Gasteiger partial charge >= 0.3 is 0 Å². The highest BCUT2D eigenvalue weighted by Crippen LogP contribution is 2.22. The molecule has 19 heavy (non-hydrogen) atoms. The standard InChI is InChI=1S/C13H16BrN3O2/c1-3-17-12(13(14)9(2)16-17)8-19-11-5-4-10(7-18)15-6-11/h4-6,18H,3,7-8H2,1-2H3. The van der Waals surface area contributed by atoms with Crippen LogP contribution in [-0.4, -0.2) is 19.9 Å². The molecule has 0 amide bonds. The summed E-state index contributed by atoms with van der Waals surface area (Å²) in [5.74, 6) is 0.672. The molecule has 2 heterocycles. The van der Waals surface area contributed by atoms with Crippen molar-refractivity contribution < 1.29 is 9.84 Å². The van der Waals surface area contributed by atoms with Crippen molar-refractivity contribution in [3.05, 3.63) is 39.9 Å². The Kier molecular flexibility index (Phi) is 4.55. The van der Waals surface area contributed by atoms with Gasteiger partial charge in [-0.3, -0.25) is 9.67 Å². The number of rotatable bonds is 5. The van der Waals surface area contributed by atoms with Crippen LogP contribution < -0.4 is 4.74 Å². The molecule has 0 aliphatic rings. The molecule has 0 atom stereocenters. The van der Waals surface area contributed by atoms with Crippen LogP contribution in [0.4, 0.5) is 0 Å². The van der Waals surface area contributed by atoms with Gasteiger partial charge in [-0.2, -0.15) is 5.10 Å². The van der Waals surface area contributed by atoms with Gasteiger partial charge in [0.15, 0.2) is 0 Å². The van der Waals surface area contributed by atoms with E-state index in [1.54, 1.807) is 18.3 Å². The second kappa shape index (κ2) is 6.16. The second-order valence-corrected chi connectivity index (χ2v) is 4.89. The predicted molar refractivity (Wildman–Crippen MR) is 74.8 cm³/mol. The van der Waals surface area contributed by atoms with E-state index in [1.165, 1.54) is 0 Å². The molecule has 2 rings (SSSR count). The van der Waals surface area contributed by atoms with Gasteiger partial charge in [0.2, 0.25) is 0 Å². The van der Waals surface area contributed by atoms with Crippen molar-refractivity contribution >= 4 is 15.9 Å². The highest BCUT2D eigenvalue weighted by molar-refractivity contribution is 9.10. The Labute approximate surface area is 120 Å². The molecule has 0 fully saturated rings. The Bertz CT molecular complexity index is 552. The van der Waals surface area contributed by atoms with Gasteiger partial charge in [0, 0.05) is 6.54 Å². The van der Waals surface area contributed by atoms with Crippen molar-refractivity contribution in [1.29, 1.82) is 0 Å². The summed E-state index contributed by atoms with van der Waals surface area (Å²) in [6.45, 7) is 5.16. The molecule has 0 saturated carbocycles. The number of hydrogen-bond donors (Lipinski definition) is 1. The Hall–Kier alpha value is -1.40. The normalized spacial score (nSPS) is 10.7. The van der Waals surface area contributed by atoms with E-state index in [-0.39, 0.29) is 6.61 Å². The first-order valence-electron chi connectivity index (χ1n) is 6.06. The largest absolute Gasteiger partial charge is 0.486 e. The Morgan fingerprint density at radius 3 is 2.79 bits per heavy atom. The molecule has 2 aromatic heterocycles. The number of hydrogen-bond acceptors (Lipinski definition) is 4. The van der Waals surface area contributed by atoms with Crippen molar-refractivity contribution in [2.24, 2.45) is 0 Å². The molecule has 0 aliphatic carbocycles. The van der Waals surface area contributed by atoms with E-state index in [9.17, 15) is 0 Å². The third-order valence-electron chi connectivity index (χ3n) is 2.79. The van der Waals surface area contributed by atoms with Gasteiger partial charge < -0.3 is 9.84 Å². The van der Waals surface area contributed by atoms with Crippen molar-refractivity contribution in [2.75, 3.05) is 0 Å². The summed E-state index contributed by atoms with van der Waals surface area (Å²) in [7, 11) is 0. The summed E-state index contributed by atoms with van der Waals surface area (Å²) in [6, 6.07) is 3.54. The van der Waals surface area contributed by atoms with E-state index >= 15 is 0 Å². The predicted octanol–water partition coefficient (Wildman–Crippen LogP) is 2.44. The number of ether oxygens (including phenoxy) is 1. The molecule has 0 spiro atoms. The van der Waals surface area contributed by atoms with E-state index in [0.29, 0.717) is 18.1 Å². The van der Waals surface area contributed by atoms with Crippen LogP contribution in [0.1, 0.15) is 24.0 Å². The lowest BCUT2D eigenvalue weighted by molar-refractivity contribution is 0.273. The van der Waals surface area contributed by atoms with Crippen molar-refractivity contribution in [2.45, 2.75) is 33.6 Å². The maximum atomic E-state index is 8.92. The lowest BCUT2D eigenvalue weighted by atomic mass is 10.3. The quantitative estimate of drug-likeness (QED) is 0.917. The highest BCUT2D eigenvalue weighted by atomic mass is 79.9. The fourth-order valence-corrected chi connectivity index (χ4v) is 2.15. The second-order valence-electron chi connectivity index (χ2n) is 4.09. The highest BCUT2D eigenvalue weighted by Gasteiger charge is 2.12. The number of aryl methyl sites for hydroxylation is 2. The van der Waals surface area contributed by atoms with Gasteiger partial charge in [0.05, 0.1) is 34.4 Å². The zero-order chi connectivity index (χ0) is 13.8. The van der Waals surface area contributed by atoms with Gasteiger partial charge in [-0.25, -0.2) is 0 Å². The molecule has 102 valence electrons. The van der Waals surface area contributed by atoms with Crippen LogP contribution in [0.2, 0.25) is 0 Å². The van der Waals surface area contributed by atoms with E-state index in [2.05, 4.69) is 26.0 Å². The minimum Gasteiger partial charge on any atom is -0.486 e. The molecule has 5 nitrogen and oxygen atoms in total. The van der Waals surface area contributed by atoms with Crippen LogP contribution in [0.15, 0.2) is 22.8 Å². The van der Waals surface area contributed by atoms with Gasteiger partial charge in [-0.1, -0.05) is 0 Å². The van der Waals surface area contributed by atoms with Crippen LogP contribution in [0.5, 0.6) is 5.75 Å². The lowest BCUT2D eigenvalue weighted by Crippen LogP contribution is -2.06. The summed E-state index contributed by atoms with van der Waals surface area (Å²) in [5, 5.41) is 13.3. The zero-order valence-electron chi connectivity index (χ0n) is 10.9. The zero-order valence-corrected chi connectivity index (χ0v) is 12.5. The first kappa shape index (κ1) is 14.0. The van der Waals surface area contributed by atoms with Gasteiger partial charge in [0.1, 0.15) is 12.4 Å². The fourth-order valence-electron chi connectivity index (χ4n) is 1.75. The third kappa shape index (κ3) is 3.13. The molecule has 0 aromatic carbocycles. The Morgan fingerprint density at radius 2 is 2.21 bits per heavy atom. The van der Waals surface area contributed by atoms with E-state index in [4.69, 9.17) is 9.84 Å². The average molecular weight is 326 g/mol. The smallest absolute Gasteiger partial charge is 0.138 e. The van der Waals surface area contributed by atoms with Crippen LogP contribution in [0, 0.1) is 6.92 Å². The van der Waals surface area contributed by atoms with Crippen molar-refractivity contribution in [1.82, 2.24) is 14.8 Å². The molecular weight excluding hydrogens is 310 g/mol. The monoisotopic (exact) mass is 325 g/mol. The van der Waals surface area contributed by atoms with Crippen LogP contribution >= 0.6 is 15.9 Å². The Morgan fingerprint density at radius 1 is 1.42 bits per heavy atom. The number of aliphatic hydroxyl groups excluding tert-OH is 1. The van der Waals surface area contributed by atoms with Gasteiger partial charge in [0.25, 0.3) is 0 Å². The summed E-state index contributed by atoms with van der Waals surface area (Å²) < 4.78 is 8.59. The summed E-state index contributed by atoms with van der Waals surface area (Å²) in [6.07, 6.45) is 1.61. The molecule has 0 radical (unpaired) electrons. The van der Waals surface area contributed by atoms with Crippen molar-refractivity contribution in [3.8, 4) is 5.75 Å². The SMILES string of the molecule is CCn1nc(C)c(Br)c1COc1ccc(CO)nc1. The maximum Gasteiger partial charge on any atom is 0.138 e. The molecule has 2 aromatic rings. The molecule has 0 saturated heterocycles. The average Bonchev–Trinajstić information content (AvgIpc) is 2.72. The fraction of sp³-hybridized carbons (Fsp3) is 0.385. The van der Waals surface area contributed by atoms with Crippen LogP contribution in [-0.2, 0) is 19.8 Å². The van der Waals surface area contributed by atoms with Gasteiger partial charge in [-0.15, -0.1) is 0 Å². The first-order valence-corrected chi connectivity index (χ1v) is 6.85. The van der Waals surface area contributed by atoms with Crippen LogP contribution in [0.25, 0.3) is 0 Å². The molecular formula is C13H16BrN3O2. The maximum absolute atomic E-state index is 8.92. The molecule has 0 bridgehead atoms. The number of aliphatic hydroxyl groups is 1. The molecule has 1 N–H and O–H groups in total. The minimum atomic E-state index is -0.0619. The van der Waals surface area contributed by atoms with E-state index in [1.807, 2.05) is 18.5 Å². The lowest BCUT2D eigenvalue weighted by Gasteiger charge is -2.08. The van der Waals surface area contributed by atoms with Crippen LogP contribution in [0.3, 0.4) is 0 Å². The van der Waals surface area contributed by atoms with Crippen molar-refractivity contribution in [3.63, 3.8) is 0 Å². The number of halogens is 1. The molecule has 6 heteroatoms. The number of pyridine rings is 1. The number of nitrogens with zero attached hydrogens (tertiary/aromatic N) is 3. The summed E-state index contributed by atoms with van der Waals surface area (Å²) >= 11 is 3.53. The molecule has 0 aliphatic heterocycles. The van der Waals surface area contributed by atoms with Gasteiger partial charge in [-0.05, 0) is 41.9 Å². The minimum absolute atomic E-state index is 0.0619. The summed E-state index contributed by atoms with van der Waals surface area (Å²) in [5.41, 5.74) is 2.59. The number of aromatic nitrogens is 3. The Balaban J connectivity index is 2.09. The van der Waals surface area contributed by atoms with E-state index < -0.39 is 0 Å². The topological polar surface area (TPSA) is 60.2 Å². The van der Waals surface area contributed by atoms with E-state index in [0.717, 1.165) is 22.4 Å². The molecule has 0 unspecified atom stereocenters. The third-order valence-corrected chi connectivity index (χ3v) is 3.82. The first-order chi connectivity index (χ1) is 9.15. The summed E-state index contributed by atoms with van der Waals surface area (Å²) in [4.78, 5) is 4.07.